The molecule has 0 saturated heterocycles. The van der Waals surface area contributed by atoms with Gasteiger partial charge in [-0.1, -0.05) is 255 Å². The topological polar surface area (TPSA) is 92.9 Å². The molecule has 0 aliphatic heterocycles. The number of hydrogen-bond acceptors (Lipinski definition) is 6. The van der Waals surface area contributed by atoms with Gasteiger partial charge in [0.2, 0.25) is 0 Å². The van der Waals surface area contributed by atoms with Crippen molar-refractivity contribution in [3.63, 3.8) is 0 Å². The summed E-state index contributed by atoms with van der Waals surface area (Å²) in [5.74, 6) is 1.57. The van der Waals surface area contributed by atoms with Gasteiger partial charge in [-0.05, 0) is 72.8 Å². The number of fused-ring (bicyclic) bond motifs is 18. The quantitative estimate of drug-likeness (QED) is 0.143. The Kier molecular flexibility index (Phi) is 12.0. The Hall–Kier alpha value is -13.9. The molecule has 22 rings (SSSR count). The normalized spacial score (nSPS) is 12.1. The molecule has 0 saturated carbocycles. The van der Waals surface area contributed by atoms with Crippen molar-refractivity contribution < 1.29 is 13.3 Å². The molecule has 0 fully saturated rings. The van der Waals surface area contributed by atoms with Gasteiger partial charge in [-0.2, -0.15) is 0 Å². The third kappa shape index (κ3) is 8.30. The fourth-order valence-corrected chi connectivity index (χ4v) is 16.5. The van der Waals surface area contributed by atoms with E-state index in [0.29, 0.717) is 17.5 Å². The summed E-state index contributed by atoms with van der Waals surface area (Å²) in [7, 11) is 0. The summed E-state index contributed by atoms with van der Waals surface area (Å²) < 4.78 is 27.5. The van der Waals surface area contributed by atoms with Crippen molar-refractivity contribution in [3.8, 4) is 84.6 Å². The molecule has 0 N–H and O–H groups in total. The summed E-state index contributed by atoms with van der Waals surface area (Å²) in [6.07, 6.45) is 0. The summed E-state index contributed by atoms with van der Waals surface area (Å²) in [6.45, 7) is 0. The van der Waals surface area contributed by atoms with Gasteiger partial charge in [0, 0.05) is 132 Å². The highest BCUT2D eigenvalue weighted by Crippen LogP contribution is 2.47. The largest absolute Gasteiger partial charge is 0.455 e. The van der Waals surface area contributed by atoms with Crippen LogP contribution in [-0.2, 0) is 0 Å². The van der Waals surface area contributed by atoms with Crippen molar-refractivity contribution in [1.82, 2.24) is 28.7 Å². The second-order valence-electron chi connectivity index (χ2n) is 26.5. The number of aromatic nitrogens is 6. The van der Waals surface area contributed by atoms with Crippen LogP contribution in [0.25, 0.3) is 216 Å². The Labute approximate surface area is 581 Å². The smallest absolute Gasteiger partial charge is 0.164 e. The number of benzene rings is 15. The van der Waals surface area contributed by atoms with Crippen molar-refractivity contribution in [3.05, 3.63) is 328 Å². The molecule has 22 aromatic rings. The van der Waals surface area contributed by atoms with E-state index in [2.05, 4.69) is 305 Å². The molecule has 15 aromatic carbocycles. The van der Waals surface area contributed by atoms with E-state index >= 15 is 0 Å². The van der Waals surface area contributed by atoms with Crippen LogP contribution < -0.4 is 0 Å². The first-order valence-corrected chi connectivity index (χ1v) is 34.5. The van der Waals surface area contributed by atoms with Crippen LogP contribution in [-0.4, -0.2) is 28.7 Å². The second kappa shape index (κ2) is 21.8. The first-order chi connectivity index (χ1) is 50.6. The number of hydrogen-bond donors (Lipinski definition) is 0. The molecule has 0 bridgehead atoms. The van der Waals surface area contributed by atoms with Crippen LogP contribution in [0.3, 0.4) is 0 Å². The van der Waals surface area contributed by atoms with Crippen LogP contribution in [0.15, 0.2) is 341 Å². The average molecular weight is 1300 g/mol. The lowest BCUT2D eigenvalue weighted by molar-refractivity contribution is 0.669. The van der Waals surface area contributed by atoms with Crippen LogP contribution in [0.1, 0.15) is 0 Å². The van der Waals surface area contributed by atoms with Crippen molar-refractivity contribution in [2.45, 2.75) is 0 Å². The monoisotopic (exact) mass is 1300 g/mol. The van der Waals surface area contributed by atoms with Gasteiger partial charge < -0.3 is 27.0 Å². The van der Waals surface area contributed by atoms with Crippen molar-refractivity contribution in [2.75, 3.05) is 0 Å². The molecule has 474 valence electrons. The molecule has 0 aliphatic carbocycles. The van der Waals surface area contributed by atoms with Gasteiger partial charge in [0.1, 0.15) is 33.5 Å². The Morgan fingerprint density at radius 3 is 0.755 bits per heavy atom. The summed E-state index contributed by atoms with van der Waals surface area (Å²) in [6, 6.07) is 116. The molecular weight excluding hydrogens is 1250 g/mol. The average Bonchev–Trinajstić information content (AvgIpc) is 1.57. The van der Waals surface area contributed by atoms with Crippen LogP contribution in [0.5, 0.6) is 0 Å². The molecular formula is C93H54N6O3. The molecule has 0 atom stereocenters. The van der Waals surface area contributed by atoms with Gasteiger partial charge in [-0.15, -0.1) is 0 Å². The maximum absolute atomic E-state index is 6.76. The van der Waals surface area contributed by atoms with E-state index in [1.54, 1.807) is 0 Å². The minimum atomic E-state index is 0.525. The number of nitrogens with zero attached hydrogens (tertiary/aromatic N) is 6. The molecule has 9 nitrogen and oxygen atoms in total. The predicted octanol–water partition coefficient (Wildman–Crippen LogP) is 24.9. The molecule has 9 heteroatoms. The van der Waals surface area contributed by atoms with Crippen LogP contribution in [0.4, 0.5) is 0 Å². The molecule has 0 aliphatic rings. The molecule has 0 spiro atoms. The number of furan rings is 3. The summed E-state index contributed by atoms with van der Waals surface area (Å²) in [4.78, 5) is 16.8. The third-order valence-corrected chi connectivity index (χ3v) is 20.9. The zero-order chi connectivity index (χ0) is 66.7. The second-order valence-corrected chi connectivity index (χ2v) is 26.5. The van der Waals surface area contributed by atoms with Gasteiger partial charge in [0.25, 0.3) is 0 Å². The molecule has 0 radical (unpaired) electrons. The van der Waals surface area contributed by atoms with Crippen LogP contribution >= 0.6 is 0 Å². The van der Waals surface area contributed by atoms with Crippen molar-refractivity contribution in [2.24, 2.45) is 0 Å². The number of para-hydroxylation sites is 12. The summed E-state index contributed by atoms with van der Waals surface area (Å²) >= 11 is 0. The molecule has 0 amide bonds. The molecule has 7 aromatic heterocycles. The van der Waals surface area contributed by atoms with Gasteiger partial charge in [0.15, 0.2) is 17.5 Å². The highest BCUT2D eigenvalue weighted by atomic mass is 16.3. The fraction of sp³-hybridized carbons (Fsp3) is 0. The minimum absolute atomic E-state index is 0.525. The van der Waals surface area contributed by atoms with Gasteiger partial charge in [-0.25, -0.2) is 15.0 Å². The maximum Gasteiger partial charge on any atom is 0.164 e. The lowest BCUT2D eigenvalue weighted by Crippen LogP contribution is -2.03. The Morgan fingerprint density at radius 2 is 0.441 bits per heavy atom. The standard InChI is InChI=1S/C93H54N6O3/c1-7-46-79-61(28-1)67-34-16-37-70(76-43-19-40-73-64-31-4-10-49-82(64)100-88(73)76)85(67)97(79)58-25-13-22-55(52-58)91-94-92(56-23-14-26-59(53-56)98-80-47-8-2-29-62(80)68-35-17-38-71(86(68)98)77-44-20-41-74-65-32-5-11-50-83(65)101-89(74)77)96-93(95-91)57-24-15-27-60(54-57)99-81-48-9-3-30-63(81)69-36-18-39-72(87(69)99)78-45-21-42-75-66-33-6-12-51-84(66)102-90(75)78/h1-54H. The number of rotatable bonds is 9. The highest BCUT2D eigenvalue weighted by molar-refractivity contribution is 6.21. The lowest BCUT2D eigenvalue weighted by atomic mass is 9.99. The van der Waals surface area contributed by atoms with Crippen LogP contribution in [0.2, 0.25) is 0 Å². The van der Waals surface area contributed by atoms with E-state index in [9.17, 15) is 0 Å². The summed E-state index contributed by atoms with van der Waals surface area (Å²) in [5, 5.41) is 13.3. The zero-order valence-electron chi connectivity index (χ0n) is 54.6. The van der Waals surface area contributed by atoms with E-state index in [0.717, 1.165) is 198 Å². The van der Waals surface area contributed by atoms with Gasteiger partial charge >= 0.3 is 0 Å². The Bertz CT molecular complexity index is 6600. The van der Waals surface area contributed by atoms with E-state index in [1.807, 2.05) is 36.4 Å². The first kappa shape index (κ1) is 56.2. The third-order valence-electron chi connectivity index (χ3n) is 20.9. The minimum Gasteiger partial charge on any atom is -0.455 e. The summed E-state index contributed by atoms with van der Waals surface area (Å²) in [5.41, 5.74) is 23.2. The Morgan fingerprint density at radius 1 is 0.196 bits per heavy atom. The maximum atomic E-state index is 6.76. The van der Waals surface area contributed by atoms with Crippen molar-refractivity contribution in [1.29, 1.82) is 0 Å². The Balaban J connectivity index is 0.756. The molecule has 7 heterocycles. The lowest BCUT2D eigenvalue weighted by Gasteiger charge is -2.15. The molecule has 102 heavy (non-hydrogen) atoms. The SMILES string of the molecule is c1cc(-c2nc(-c3cccc(-n4c5ccccc5c5cccc(-c6cccc7c6oc6ccccc67)c54)c3)nc(-c3cccc(-n4c5ccccc5c5cccc(-c6cccc7c6oc6ccccc67)c54)c3)n2)cc(-n2c3ccccc3c3cccc(-c4cccc5c4oc4ccccc45)c32)c1. The fourth-order valence-electron chi connectivity index (χ4n) is 16.5. The van der Waals surface area contributed by atoms with E-state index < -0.39 is 0 Å². The van der Waals surface area contributed by atoms with Crippen LogP contribution in [0, 0.1) is 0 Å². The van der Waals surface area contributed by atoms with E-state index in [4.69, 9.17) is 28.2 Å². The highest BCUT2D eigenvalue weighted by Gasteiger charge is 2.26. The zero-order valence-corrected chi connectivity index (χ0v) is 54.6. The predicted molar refractivity (Wildman–Crippen MR) is 417 cm³/mol. The van der Waals surface area contributed by atoms with Crippen molar-refractivity contribution >= 4 is 131 Å². The van der Waals surface area contributed by atoms with E-state index in [1.165, 1.54) is 0 Å². The first-order valence-electron chi connectivity index (χ1n) is 34.5. The van der Waals surface area contributed by atoms with Gasteiger partial charge in [-0.3, -0.25) is 0 Å². The molecule has 0 unspecified atom stereocenters. The van der Waals surface area contributed by atoms with E-state index in [-0.39, 0.29) is 0 Å². The van der Waals surface area contributed by atoms with Gasteiger partial charge in [0.05, 0.1) is 33.1 Å².